The van der Waals surface area contributed by atoms with Gasteiger partial charge in [0.15, 0.2) is 0 Å². The Balaban J connectivity index is 1.62. The summed E-state index contributed by atoms with van der Waals surface area (Å²) >= 11 is 15.1. The summed E-state index contributed by atoms with van der Waals surface area (Å²) in [6.45, 7) is 0. The summed E-state index contributed by atoms with van der Waals surface area (Å²) in [5.74, 6) is 0.0264. The maximum atomic E-state index is 11.7. The Morgan fingerprint density at radius 1 is 1.03 bits per heavy atom. The van der Waals surface area contributed by atoms with E-state index in [9.17, 15) is 20.2 Å². The minimum Gasteiger partial charge on any atom is -0.494 e. The van der Waals surface area contributed by atoms with Gasteiger partial charge in [0.1, 0.15) is 5.75 Å². The number of benzene rings is 3. The highest BCUT2D eigenvalue weighted by molar-refractivity contribution is 8.00. The monoisotopic (exact) mass is 545 g/mol. The van der Waals surface area contributed by atoms with E-state index in [0.717, 1.165) is 5.56 Å². The zero-order valence-corrected chi connectivity index (χ0v) is 21.3. The average Bonchev–Trinajstić information content (AvgIpc) is 3.19. The van der Waals surface area contributed by atoms with E-state index in [1.54, 1.807) is 24.3 Å². The SMILES string of the molecule is COc1cc([N+](=O)[O-])cc2c1N[C@H](c1ccccc1Cl)[C@@H]1C[C@H](Sc3ccccc3[N+](=O)[O-])[C@@H](Cl)[C@@H]21. The van der Waals surface area contributed by atoms with Crippen LogP contribution >= 0.6 is 35.0 Å². The first-order valence-corrected chi connectivity index (χ1v) is 12.9. The van der Waals surface area contributed by atoms with E-state index in [1.807, 2.05) is 24.3 Å². The molecule has 11 heteroatoms. The van der Waals surface area contributed by atoms with Gasteiger partial charge in [-0.25, -0.2) is 0 Å². The second kappa shape index (κ2) is 9.80. The van der Waals surface area contributed by atoms with Crippen molar-refractivity contribution >= 4 is 52.0 Å². The molecule has 5 rings (SSSR count). The zero-order valence-electron chi connectivity index (χ0n) is 19.0. The van der Waals surface area contributed by atoms with Gasteiger partial charge in [-0.1, -0.05) is 41.9 Å². The first kappa shape index (κ1) is 24.7. The maximum absolute atomic E-state index is 11.7. The number of halogens is 2. The number of thioether (sulfide) groups is 1. The van der Waals surface area contributed by atoms with Crippen molar-refractivity contribution in [3.63, 3.8) is 0 Å². The van der Waals surface area contributed by atoms with Crippen LogP contribution in [0.15, 0.2) is 65.6 Å². The Hall–Kier alpha value is -3.01. The van der Waals surface area contributed by atoms with Gasteiger partial charge in [0.05, 0.1) is 45.0 Å². The molecule has 0 aromatic heterocycles. The predicted octanol–water partition coefficient (Wildman–Crippen LogP) is 7.20. The summed E-state index contributed by atoms with van der Waals surface area (Å²) in [5.41, 5.74) is 2.19. The highest BCUT2D eigenvalue weighted by atomic mass is 35.5. The lowest BCUT2D eigenvalue weighted by Gasteiger charge is -2.39. The summed E-state index contributed by atoms with van der Waals surface area (Å²) in [4.78, 5) is 23.0. The topological polar surface area (TPSA) is 108 Å². The van der Waals surface area contributed by atoms with Crippen molar-refractivity contribution in [2.75, 3.05) is 12.4 Å². The number of rotatable bonds is 6. The Kier molecular flexibility index (Phi) is 6.72. The minimum absolute atomic E-state index is 0.0275. The average molecular weight is 546 g/mol. The maximum Gasteiger partial charge on any atom is 0.282 e. The van der Waals surface area contributed by atoms with Gasteiger partial charge in [0, 0.05) is 28.3 Å². The number of ether oxygens (including phenoxy) is 1. The van der Waals surface area contributed by atoms with Crippen molar-refractivity contribution in [1.29, 1.82) is 0 Å². The summed E-state index contributed by atoms with van der Waals surface area (Å²) in [6, 6.07) is 16.9. The molecule has 1 aliphatic heterocycles. The van der Waals surface area contributed by atoms with Gasteiger partial charge in [-0.15, -0.1) is 23.4 Å². The van der Waals surface area contributed by atoms with Crippen LogP contribution in [0.2, 0.25) is 5.02 Å². The molecule has 0 saturated heterocycles. The van der Waals surface area contributed by atoms with Crippen molar-refractivity contribution in [1.82, 2.24) is 0 Å². The van der Waals surface area contributed by atoms with E-state index < -0.39 is 15.2 Å². The van der Waals surface area contributed by atoms with Crippen molar-refractivity contribution in [2.45, 2.75) is 33.9 Å². The number of nitro benzene ring substituents is 2. The number of methoxy groups -OCH3 is 1. The number of alkyl halides is 1. The molecule has 1 N–H and O–H groups in total. The molecule has 3 aromatic rings. The molecule has 1 heterocycles. The van der Waals surface area contributed by atoms with Gasteiger partial charge in [0.2, 0.25) is 0 Å². The van der Waals surface area contributed by atoms with E-state index >= 15 is 0 Å². The van der Waals surface area contributed by atoms with E-state index in [2.05, 4.69) is 5.32 Å². The number of nitrogens with zero attached hydrogens (tertiary/aromatic N) is 2. The summed E-state index contributed by atoms with van der Waals surface area (Å²) in [5, 5.41) is 26.8. The molecule has 8 nitrogen and oxygen atoms in total. The molecule has 0 amide bonds. The van der Waals surface area contributed by atoms with Gasteiger partial charge in [-0.05, 0) is 35.6 Å². The van der Waals surface area contributed by atoms with Crippen LogP contribution in [0, 0.1) is 26.1 Å². The first-order chi connectivity index (χ1) is 17.3. The van der Waals surface area contributed by atoms with Gasteiger partial charge in [0.25, 0.3) is 11.4 Å². The molecule has 0 spiro atoms. The number of fused-ring (bicyclic) bond motifs is 3. The normalized spacial score (nSPS) is 24.4. The molecule has 186 valence electrons. The zero-order chi connectivity index (χ0) is 25.6. The van der Waals surface area contributed by atoms with Crippen LogP contribution in [0.25, 0.3) is 0 Å². The number of non-ortho nitro benzene ring substituents is 1. The molecule has 2 aliphatic rings. The van der Waals surface area contributed by atoms with Crippen LogP contribution in [0.4, 0.5) is 17.1 Å². The summed E-state index contributed by atoms with van der Waals surface area (Å²) in [6.07, 6.45) is 0.628. The molecule has 1 aliphatic carbocycles. The Morgan fingerprint density at radius 3 is 2.44 bits per heavy atom. The van der Waals surface area contributed by atoms with Crippen LogP contribution in [0.3, 0.4) is 0 Å². The minimum atomic E-state index is -0.449. The molecule has 1 saturated carbocycles. The number of hydrogen-bond donors (Lipinski definition) is 1. The van der Waals surface area contributed by atoms with Gasteiger partial charge < -0.3 is 10.1 Å². The number of hydrogen-bond acceptors (Lipinski definition) is 7. The van der Waals surface area contributed by atoms with Gasteiger partial charge in [-0.2, -0.15) is 0 Å². The molecule has 5 atom stereocenters. The lowest BCUT2D eigenvalue weighted by atomic mass is 9.77. The number of anilines is 1. The van der Waals surface area contributed by atoms with E-state index in [4.69, 9.17) is 27.9 Å². The summed E-state index contributed by atoms with van der Waals surface area (Å²) < 4.78 is 5.54. The Bertz CT molecular complexity index is 1360. The third kappa shape index (κ3) is 4.25. The fourth-order valence-corrected chi connectivity index (χ4v) is 7.54. The van der Waals surface area contributed by atoms with Crippen molar-refractivity contribution < 1.29 is 14.6 Å². The number of para-hydroxylation sites is 1. The third-order valence-electron chi connectivity index (χ3n) is 6.88. The van der Waals surface area contributed by atoms with Crippen LogP contribution in [-0.2, 0) is 0 Å². The lowest BCUT2D eigenvalue weighted by Crippen LogP contribution is -2.31. The Morgan fingerprint density at radius 2 is 1.75 bits per heavy atom. The van der Waals surface area contributed by atoms with Gasteiger partial charge >= 0.3 is 0 Å². The fourth-order valence-electron chi connectivity index (χ4n) is 5.35. The van der Waals surface area contributed by atoms with Crippen LogP contribution in [-0.4, -0.2) is 27.6 Å². The third-order valence-corrected chi connectivity index (χ3v) is 9.34. The van der Waals surface area contributed by atoms with E-state index in [-0.39, 0.29) is 34.5 Å². The lowest BCUT2D eigenvalue weighted by molar-refractivity contribution is -0.387. The largest absolute Gasteiger partial charge is 0.494 e. The van der Waals surface area contributed by atoms with E-state index in [1.165, 1.54) is 31.0 Å². The number of nitro groups is 2. The molecule has 1 fully saturated rings. The highest BCUT2D eigenvalue weighted by Gasteiger charge is 2.51. The highest BCUT2D eigenvalue weighted by Crippen LogP contribution is 2.60. The first-order valence-electron chi connectivity index (χ1n) is 11.2. The smallest absolute Gasteiger partial charge is 0.282 e. The predicted molar refractivity (Wildman–Crippen MR) is 141 cm³/mol. The molecule has 36 heavy (non-hydrogen) atoms. The fraction of sp³-hybridized carbons (Fsp3) is 0.280. The van der Waals surface area contributed by atoms with E-state index in [0.29, 0.717) is 33.3 Å². The molecule has 0 unspecified atom stereocenters. The standard InChI is InChI=1S/C25H21Cl2N3O5S/c1-35-19-11-13(29(31)32)10-15-22-16(24(28-25(15)19)14-6-2-3-7-17(14)26)12-21(23(22)27)36-20-9-5-4-8-18(20)30(33)34/h2-11,16,21-24,28H,12H2,1H3/t16-,21+,22+,23-,24-/m1/s1. The quantitative estimate of drug-likeness (QED) is 0.198. The summed E-state index contributed by atoms with van der Waals surface area (Å²) in [7, 11) is 1.47. The van der Waals surface area contributed by atoms with Crippen LogP contribution < -0.4 is 10.1 Å². The second-order valence-electron chi connectivity index (χ2n) is 8.76. The molecular formula is C25H21Cl2N3O5S. The van der Waals surface area contributed by atoms with Crippen molar-refractivity contribution in [2.24, 2.45) is 5.92 Å². The van der Waals surface area contributed by atoms with Gasteiger partial charge in [-0.3, -0.25) is 20.2 Å². The second-order valence-corrected chi connectivity index (χ2v) is 11.0. The van der Waals surface area contributed by atoms with Crippen LogP contribution in [0.1, 0.15) is 29.5 Å². The molecule has 0 radical (unpaired) electrons. The molecule has 0 bridgehead atoms. The number of nitrogens with one attached hydrogen (secondary N) is 1. The molecule has 3 aromatic carbocycles. The van der Waals surface area contributed by atoms with Crippen LogP contribution in [0.5, 0.6) is 5.75 Å². The Labute approximate surface area is 221 Å². The van der Waals surface area contributed by atoms with Crippen molar-refractivity contribution in [3.8, 4) is 5.75 Å². The van der Waals surface area contributed by atoms with Crippen molar-refractivity contribution in [3.05, 3.63) is 97.0 Å². The molecular weight excluding hydrogens is 525 g/mol.